The molecule has 1 amide bonds. The van der Waals surface area contributed by atoms with Crippen molar-refractivity contribution in [1.82, 2.24) is 4.90 Å². The van der Waals surface area contributed by atoms with Gasteiger partial charge in [-0.3, -0.25) is 4.79 Å². The first-order valence-electron chi connectivity index (χ1n) is 8.59. The molecule has 134 valence electrons. The first-order valence-corrected chi connectivity index (χ1v) is 10.4. The molecule has 0 N–H and O–H groups in total. The fourth-order valence-electron chi connectivity index (χ4n) is 3.10. The molecule has 0 bridgehead atoms. The van der Waals surface area contributed by atoms with Crippen molar-refractivity contribution in [3.05, 3.63) is 29.8 Å². The van der Waals surface area contributed by atoms with Gasteiger partial charge in [0, 0.05) is 18.5 Å². The number of carbonyl (C=O) groups excluding carboxylic acids is 1. The monoisotopic (exact) mass is 353 g/mol. The van der Waals surface area contributed by atoms with E-state index in [-0.39, 0.29) is 17.9 Å². The third-order valence-corrected chi connectivity index (χ3v) is 5.13. The summed E-state index contributed by atoms with van der Waals surface area (Å²) in [6.07, 6.45) is 6.20. The van der Waals surface area contributed by atoms with Crippen LogP contribution in [-0.2, 0) is 21.5 Å². The minimum absolute atomic E-state index is 0.159. The van der Waals surface area contributed by atoms with E-state index in [4.69, 9.17) is 4.18 Å². The largest absolute Gasteiger partial charge is 0.383 e. The highest BCUT2D eigenvalue weighted by atomic mass is 32.2. The zero-order valence-corrected chi connectivity index (χ0v) is 15.5. The summed E-state index contributed by atoms with van der Waals surface area (Å²) < 4.78 is 27.2. The second-order valence-corrected chi connectivity index (χ2v) is 8.21. The van der Waals surface area contributed by atoms with Crippen molar-refractivity contribution in [3.8, 4) is 5.75 Å². The van der Waals surface area contributed by atoms with Gasteiger partial charge in [0.25, 0.3) is 0 Å². The van der Waals surface area contributed by atoms with Crippen LogP contribution >= 0.6 is 0 Å². The second kappa shape index (κ2) is 8.01. The van der Waals surface area contributed by atoms with Crippen molar-refractivity contribution in [2.24, 2.45) is 5.92 Å². The van der Waals surface area contributed by atoms with Crippen molar-refractivity contribution in [1.29, 1.82) is 0 Å². The fourth-order valence-corrected chi connectivity index (χ4v) is 3.56. The average molecular weight is 353 g/mol. The topological polar surface area (TPSA) is 63.7 Å². The summed E-state index contributed by atoms with van der Waals surface area (Å²) in [4.78, 5) is 14.8. The maximum Gasteiger partial charge on any atom is 0.306 e. The van der Waals surface area contributed by atoms with Crippen LogP contribution in [0.4, 0.5) is 0 Å². The van der Waals surface area contributed by atoms with Gasteiger partial charge < -0.3 is 9.08 Å². The van der Waals surface area contributed by atoms with Gasteiger partial charge in [-0.15, -0.1) is 0 Å². The summed E-state index contributed by atoms with van der Waals surface area (Å²) in [6, 6.07) is 7.08. The molecule has 1 aliphatic rings. The van der Waals surface area contributed by atoms with Crippen molar-refractivity contribution < 1.29 is 17.4 Å². The first kappa shape index (κ1) is 18.8. The van der Waals surface area contributed by atoms with E-state index in [1.165, 1.54) is 0 Å². The van der Waals surface area contributed by atoms with Crippen LogP contribution in [0.5, 0.6) is 5.75 Å². The summed E-state index contributed by atoms with van der Waals surface area (Å²) in [6.45, 7) is 4.71. The first-order chi connectivity index (χ1) is 11.3. The molecule has 1 atom stereocenters. The van der Waals surface area contributed by atoms with E-state index in [9.17, 15) is 13.2 Å². The van der Waals surface area contributed by atoms with Crippen LogP contribution in [-0.4, -0.2) is 31.5 Å². The molecule has 0 spiro atoms. The van der Waals surface area contributed by atoms with Gasteiger partial charge in [0.1, 0.15) is 5.75 Å². The Morgan fingerprint density at radius 3 is 2.33 bits per heavy atom. The lowest BCUT2D eigenvalue weighted by Crippen LogP contribution is -2.40. The van der Waals surface area contributed by atoms with Crippen LogP contribution in [0.15, 0.2) is 24.3 Å². The van der Waals surface area contributed by atoms with Crippen LogP contribution in [0.1, 0.15) is 51.5 Å². The van der Waals surface area contributed by atoms with Crippen LogP contribution in [0.3, 0.4) is 0 Å². The van der Waals surface area contributed by atoms with E-state index in [1.54, 1.807) is 12.1 Å². The SMILES string of the molecule is CCC(C)N(Cc1ccc(OS(C)(=O)=O)cc1)C(=O)C1CCCC1. The highest BCUT2D eigenvalue weighted by molar-refractivity contribution is 7.86. The van der Waals surface area contributed by atoms with E-state index in [1.807, 2.05) is 17.0 Å². The van der Waals surface area contributed by atoms with Gasteiger partial charge in [-0.2, -0.15) is 8.42 Å². The zero-order chi connectivity index (χ0) is 17.7. The van der Waals surface area contributed by atoms with Gasteiger partial charge in [-0.25, -0.2) is 0 Å². The Labute approximate surface area is 145 Å². The lowest BCUT2D eigenvalue weighted by Gasteiger charge is -2.31. The van der Waals surface area contributed by atoms with E-state index in [2.05, 4.69) is 13.8 Å². The molecule has 24 heavy (non-hydrogen) atoms. The van der Waals surface area contributed by atoms with Gasteiger partial charge in [-0.05, 0) is 43.9 Å². The number of hydrogen-bond acceptors (Lipinski definition) is 4. The predicted molar refractivity (Wildman–Crippen MR) is 94.2 cm³/mol. The molecular weight excluding hydrogens is 326 g/mol. The smallest absolute Gasteiger partial charge is 0.306 e. The zero-order valence-electron chi connectivity index (χ0n) is 14.7. The number of hydrogen-bond donors (Lipinski definition) is 0. The molecule has 0 heterocycles. The van der Waals surface area contributed by atoms with Gasteiger partial charge in [-0.1, -0.05) is 31.9 Å². The molecule has 0 aromatic heterocycles. The number of benzene rings is 1. The second-order valence-electron chi connectivity index (χ2n) is 6.64. The van der Waals surface area contributed by atoms with Gasteiger partial charge in [0.2, 0.25) is 5.91 Å². The maximum atomic E-state index is 12.8. The molecule has 1 aromatic carbocycles. The number of amides is 1. The molecule has 0 saturated heterocycles. The molecule has 1 unspecified atom stereocenters. The lowest BCUT2D eigenvalue weighted by molar-refractivity contribution is -0.138. The quantitative estimate of drug-likeness (QED) is 0.705. The standard InChI is InChI=1S/C18H27NO4S/c1-4-14(2)19(18(20)16-7-5-6-8-16)13-15-9-11-17(12-10-15)23-24(3,21)22/h9-12,14,16H,4-8,13H2,1-3H3. The van der Waals surface area contributed by atoms with Crippen molar-refractivity contribution in [2.75, 3.05) is 6.26 Å². The Bertz CT molecular complexity index is 648. The molecule has 5 nitrogen and oxygen atoms in total. The van der Waals surface area contributed by atoms with E-state index in [0.717, 1.165) is 43.9 Å². The van der Waals surface area contributed by atoms with Gasteiger partial charge in [0.15, 0.2) is 0 Å². The molecule has 6 heteroatoms. The van der Waals surface area contributed by atoms with Crippen molar-refractivity contribution >= 4 is 16.0 Å². The number of carbonyl (C=O) groups is 1. The van der Waals surface area contributed by atoms with Crippen LogP contribution in [0.25, 0.3) is 0 Å². The molecule has 1 aliphatic carbocycles. The molecule has 1 aromatic rings. The highest BCUT2D eigenvalue weighted by Crippen LogP contribution is 2.28. The Morgan fingerprint density at radius 1 is 1.25 bits per heavy atom. The summed E-state index contributed by atoms with van der Waals surface area (Å²) >= 11 is 0. The Balaban J connectivity index is 2.09. The van der Waals surface area contributed by atoms with Gasteiger partial charge >= 0.3 is 10.1 Å². The summed E-state index contributed by atoms with van der Waals surface area (Å²) in [5, 5.41) is 0. The Hall–Kier alpha value is -1.56. The van der Waals surface area contributed by atoms with Crippen molar-refractivity contribution in [2.45, 2.75) is 58.5 Å². The molecule has 0 aliphatic heterocycles. The third kappa shape index (κ3) is 5.23. The highest BCUT2D eigenvalue weighted by Gasteiger charge is 2.29. The fraction of sp³-hybridized carbons (Fsp3) is 0.611. The van der Waals surface area contributed by atoms with E-state index >= 15 is 0 Å². The normalized spacial score (nSPS) is 16.8. The Morgan fingerprint density at radius 2 is 1.83 bits per heavy atom. The summed E-state index contributed by atoms with van der Waals surface area (Å²) in [5.74, 6) is 0.698. The van der Waals surface area contributed by atoms with Gasteiger partial charge in [0.05, 0.1) is 6.26 Å². The van der Waals surface area contributed by atoms with E-state index in [0.29, 0.717) is 12.3 Å². The molecule has 2 rings (SSSR count). The van der Waals surface area contributed by atoms with E-state index < -0.39 is 10.1 Å². The molecule has 1 fully saturated rings. The molecule has 1 saturated carbocycles. The summed E-state index contributed by atoms with van der Waals surface area (Å²) in [5.41, 5.74) is 0.975. The predicted octanol–water partition coefficient (Wildman–Crippen LogP) is 3.34. The van der Waals surface area contributed by atoms with Crippen LogP contribution < -0.4 is 4.18 Å². The minimum Gasteiger partial charge on any atom is -0.383 e. The number of nitrogens with zero attached hydrogens (tertiary/aromatic N) is 1. The number of rotatable bonds is 7. The minimum atomic E-state index is -3.52. The summed E-state index contributed by atoms with van der Waals surface area (Å²) in [7, 11) is -3.52. The van der Waals surface area contributed by atoms with Crippen LogP contribution in [0, 0.1) is 5.92 Å². The lowest BCUT2D eigenvalue weighted by atomic mass is 10.0. The van der Waals surface area contributed by atoms with Crippen LogP contribution in [0.2, 0.25) is 0 Å². The molecular formula is C18H27NO4S. The third-order valence-electron chi connectivity index (χ3n) is 4.63. The maximum absolute atomic E-state index is 12.8. The molecule has 0 radical (unpaired) electrons. The Kier molecular flexibility index (Phi) is 6.27. The average Bonchev–Trinajstić information content (AvgIpc) is 3.06. The van der Waals surface area contributed by atoms with Crippen molar-refractivity contribution in [3.63, 3.8) is 0 Å².